The number of nitrogens with zero attached hydrogens (tertiary/aromatic N) is 1. The number of morpholine rings is 1. The minimum absolute atomic E-state index is 0. The Morgan fingerprint density at radius 2 is 1.83 bits per heavy atom. The molecule has 0 unspecified atom stereocenters. The number of benzene rings is 1. The fourth-order valence-electron chi connectivity index (χ4n) is 2.19. The van der Waals surface area contributed by atoms with Crippen molar-refractivity contribution in [1.82, 2.24) is 4.90 Å². The van der Waals surface area contributed by atoms with Crippen molar-refractivity contribution in [3.8, 4) is 0 Å². The molecule has 7 heteroatoms. The zero-order valence-corrected chi connectivity index (χ0v) is 14.7. The quantitative estimate of drug-likeness (QED) is 0.725. The monoisotopic (exact) mass is 359 g/mol. The molecule has 0 bridgehead atoms. The van der Waals surface area contributed by atoms with E-state index in [1.807, 2.05) is 0 Å². The lowest BCUT2D eigenvalue weighted by atomic mass is 10.1. The van der Waals surface area contributed by atoms with Crippen LogP contribution in [-0.2, 0) is 19.4 Å². The number of ketones is 1. The van der Waals surface area contributed by atoms with Gasteiger partial charge in [0.2, 0.25) is 0 Å². The molecule has 1 aromatic carbocycles. The fourth-order valence-corrected chi connectivity index (χ4v) is 2.82. The molecule has 1 aliphatic heterocycles. The van der Waals surface area contributed by atoms with Gasteiger partial charge in [-0.1, -0.05) is 18.2 Å². The van der Waals surface area contributed by atoms with Crippen molar-refractivity contribution in [1.29, 1.82) is 0 Å². The van der Waals surface area contributed by atoms with E-state index in [0.29, 0.717) is 6.42 Å². The van der Waals surface area contributed by atoms with E-state index in [2.05, 4.69) is 4.90 Å². The van der Waals surface area contributed by atoms with E-state index in [1.165, 1.54) is 6.26 Å². The standard InChI is InChI=1S/C16H21NO4S.ClH/c1-22(19,20)16-6-3-14(4-7-16)2-5-15(18)8-9-17-10-12-21-13-11-17;/h2-7H,8-13H2,1H3;1H. The topological polar surface area (TPSA) is 63.7 Å². The van der Waals surface area contributed by atoms with Crippen molar-refractivity contribution in [2.75, 3.05) is 39.1 Å². The Morgan fingerprint density at radius 3 is 2.39 bits per heavy atom. The molecule has 2 rings (SSSR count). The van der Waals surface area contributed by atoms with Crippen molar-refractivity contribution >= 4 is 34.1 Å². The van der Waals surface area contributed by atoms with Crippen molar-refractivity contribution in [3.05, 3.63) is 35.9 Å². The third-order valence-electron chi connectivity index (χ3n) is 3.55. The molecule has 0 aromatic heterocycles. The van der Waals surface area contributed by atoms with E-state index < -0.39 is 9.84 Å². The Hall–Kier alpha value is -1.21. The van der Waals surface area contributed by atoms with Gasteiger partial charge in [0.1, 0.15) is 0 Å². The van der Waals surface area contributed by atoms with Gasteiger partial charge in [-0.3, -0.25) is 9.69 Å². The average Bonchev–Trinajstić information content (AvgIpc) is 2.51. The summed E-state index contributed by atoms with van der Waals surface area (Å²) >= 11 is 0. The summed E-state index contributed by atoms with van der Waals surface area (Å²) in [6.45, 7) is 3.97. The molecule has 0 N–H and O–H groups in total. The molecule has 0 radical (unpaired) electrons. The van der Waals surface area contributed by atoms with Crippen LogP contribution in [0.3, 0.4) is 0 Å². The van der Waals surface area contributed by atoms with Gasteiger partial charge in [-0.2, -0.15) is 0 Å². The largest absolute Gasteiger partial charge is 0.379 e. The summed E-state index contributed by atoms with van der Waals surface area (Å²) in [6.07, 6.45) is 4.93. The molecule has 1 heterocycles. The lowest BCUT2D eigenvalue weighted by Gasteiger charge is -2.25. The number of hydrogen-bond acceptors (Lipinski definition) is 5. The number of carbonyl (C=O) groups is 1. The van der Waals surface area contributed by atoms with Crippen LogP contribution in [-0.4, -0.2) is 58.2 Å². The zero-order valence-electron chi connectivity index (χ0n) is 13.1. The fraction of sp³-hybridized carbons (Fsp3) is 0.438. The molecule has 0 amide bonds. The summed E-state index contributed by atoms with van der Waals surface area (Å²) in [7, 11) is -3.18. The Morgan fingerprint density at radius 1 is 1.22 bits per heavy atom. The number of ether oxygens (including phenoxy) is 1. The van der Waals surface area contributed by atoms with Gasteiger partial charge < -0.3 is 4.74 Å². The van der Waals surface area contributed by atoms with Crippen LogP contribution in [0.25, 0.3) is 6.08 Å². The van der Waals surface area contributed by atoms with Gasteiger partial charge >= 0.3 is 0 Å². The van der Waals surface area contributed by atoms with Gasteiger partial charge in [0.05, 0.1) is 18.1 Å². The molecule has 0 saturated carbocycles. The second-order valence-corrected chi connectivity index (χ2v) is 7.36. The predicted molar refractivity (Wildman–Crippen MR) is 92.7 cm³/mol. The Bertz CT molecular complexity index is 635. The molecular weight excluding hydrogens is 338 g/mol. The first kappa shape index (κ1) is 19.8. The first-order valence-corrected chi connectivity index (χ1v) is 9.15. The molecule has 0 atom stereocenters. The van der Waals surface area contributed by atoms with E-state index >= 15 is 0 Å². The summed E-state index contributed by atoms with van der Waals surface area (Å²) in [5.74, 6) is 0.0682. The number of allylic oxidation sites excluding steroid dienone is 1. The molecule has 1 aliphatic rings. The van der Waals surface area contributed by atoms with Crippen molar-refractivity contribution in [2.45, 2.75) is 11.3 Å². The van der Waals surface area contributed by atoms with E-state index in [0.717, 1.165) is 38.4 Å². The Balaban J connectivity index is 0.00000264. The molecular formula is C16H22ClNO4S. The molecule has 1 fully saturated rings. The van der Waals surface area contributed by atoms with Crippen molar-refractivity contribution in [2.24, 2.45) is 0 Å². The maximum atomic E-state index is 11.8. The van der Waals surface area contributed by atoms with Crippen LogP contribution in [0.1, 0.15) is 12.0 Å². The van der Waals surface area contributed by atoms with E-state index in [9.17, 15) is 13.2 Å². The summed E-state index contributed by atoms with van der Waals surface area (Å²) in [4.78, 5) is 14.3. The van der Waals surface area contributed by atoms with Crippen LogP contribution < -0.4 is 0 Å². The lowest BCUT2D eigenvalue weighted by molar-refractivity contribution is -0.115. The molecule has 1 aromatic rings. The van der Waals surface area contributed by atoms with Gasteiger partial charge in [0.15, 0.2) is 15.6 Å². The van der Waals surface area contributed by atoms with E-state index in [1.54, 1.807) is 36.4 Å². The van der Waals surface area contributed by atoms with E-state index in [4.69, 9.17) is 4.74 Å². The Labute approximate surface area is 143 Å². The summed E-state index contributed by atoms with van der Waals surface area (Å²) in [6, 6.07) is 6.49. The van der Waals surface area contributed by atoms with Crippen LogP contribution in [0, 0.1) is 0 Å². The van der Waals surface area contributed by atoms with Crippen LogP contribution >= 0.6 is 12.4 Å². The Kier molecular flexibility index (Phi) is 7.91. The molecule has 0 spiro atoms. The van der Waals surface area contributed by atoms with Gasteiger partial charge in [0.25, 0.3) is 0 Å². The average molecular weight is 360 g/mol. The number of carbonyl (C=O) groups excluding carboxylic acids is 1. The summed E-state index contributed by atoms with van der Waals surface area (Å²) in [5, 5.41) is 0. The number of hydrogen-bond donors (Lipinski definition) is 0. The summed E-state index contributed by atoms with van der Waals surface area (Å²) in [5.41, 5.74) is 0.812. The number of sulfone groups is 1. The molecule has 1 saturated heterocycles. The van der Waals surface area contributed by atoms with E-state index in [-0.39, 0.29) is 23.1 Å². The predicted octanol–water partition coefficient (Wildman–Crippen LogP) is 1.82. The highest BCUT2D eigenvalue weighted by Crippen LogP contribution is 2.11. The molecule has 23 heavy (non-hydrogen) atoms. The third kappa shape index (κ3) is 6.83. The first-order valence-electron chi connectivity index (χ1n) is 7.26. The first-order chi connectivity index (χ1) is 10.4. The maximum Gasteiger partial charge on any atom is 0.175 e. The van der Waals surface area contributed by atoms with Crippen molar-refractivity contribution in [3.63, 3.8) is 0 Å². The normalized spacial score (nSPS) is 16.2. The number of halogens is 1. The zero-order chi connectivity index (χ0) is 16.0. The molecule has 128 valence electrons. The van der Waals surface area contributed by atoms with Crippen LogP contribution in [0.4, 0.5) is 0 Å². The second kappa shape index (κ2) is 9.17. The van der Waals surface area contributed by atoms with Gasteiger partial charge in [-0.25, -0.2) is 8.42 Å². The smallest absolute Gasteiger partial charge is 0.175 e. The minimum atomic E-state index is -3.18. The second-order valence-electron chi connectivity index (χ2n) is 5.34. The highest BCUT2D eigenvalue weighted by atomic mass is 35.5. The highest BCUT2D eigenvalue weighted by molar-refractivity contribution is 7.90. The van der Waals surface area contributed by atoms with Crippen molar-refractivity contribution < 1.29 is 17.9 Å². The molecule has 5 nitrogen and oxygen atoms in total. The SMILES string of the molecule is CS(=O)(=O)c1ccc(C=CC(=O)CCN2CCOCC2)cc1.Cl. The minimum Gasteiger partial charge on any atom is -0.379 e. The van der Waals surface area contributed by atoms with Crippen LogP contribution in [0.5, 0.6) is 0 Å². The summed E-state index contributed by atoms with van der Waals surface area (Å²) < 4.78 is 28.0. The van der Waals surface area contributed by atoms with Gasteiger partial charge in [-0.15, -0.1) is 12.4 Å². The third-order valence-corrected chi connectivity index (χ3v) is 4.68. The highest BCUT2D eigenvalue weighted by Gasteiger charge is 2.10. The van der Waals surface area contributed by atoms with Gasteiger partial charge in [-0.05, 0) is 23.8 Å². The lowest BCUT2D eigenvalue weighted by Crippen LogP contribution is -2.37. The number of rotatable bonds is 6. The van der Waals surface area contributed by atoms with Crippen LogP contribution in [0.15, 0.2) is 35.2 Å². The van der Waals surface area contributed by atoms with Gasteiger partial charge in [0, 0.05) is 32.3 Å². The van der Waals surface area contributed by atoms with Crippen LogP contribution in [0.2, 0.25) is 0 Å². The maximum absolute atomic E-state index is 11.8. The molecule has 0 aliphatic carbocycles.